The summed E-state index contributed by atoms with van der Waals surface area (Å²) in [4.78, 5) is 18.0. The van der Waals surface area contributed by atoms with Gasteiger partial charge < -0.3 is 10.2 Å². The second-order valence-electron chi connectivity index (χ2n) is 6.78. The molecule has 1 unspecified atom stereocenters. The number of halogens is 2. The van der Waals surface area contributed by atoms with Crippen LogP contribution < -0.4 is 5.32 Å². The molecule has 0 saturated carbocycles. The van der Waals surface area contributed by atoms with Crippen molar-refractivity contribution in [1.29, 1.82) is 0 Å². The lowest BCUT2D eigenvalue weighted by Crippen LogP contribution is -2.24. The molecule has 0 saturated heterocycles. The number of nitrogens with zero attached hydrogens (tertiary/aromatic N) is 1. The smallest absolute Gasteiger partial charge is 0.251 e. The van der Waals surface area contributed by atoms with E-state index in [9.17, 15) is 4.79 Å². The van der Waals surface area contributed by atoms with E-state index in [0.29, 0.717) is 28.6 Å². The summed E-state index contributed by atoms with van der Waals surface area (Å²) in [7, 11) is 0. The average molecular weight is 405 g/mol. The largest absolute Gasteiger partial charge is 0.384 e. The second-order valence-corrected chi connectivity index (χ2v) is 7.65. The van der Waals surface area contributed by atoms with Crippen LogP contribution in [0.2, 0.25) is 10.0 Å². The number of nitrogens with one attached hydrogen (secondary N) is 1. The Morgan fingerprint density at radius 1 is 1.19 bits per heavy atom. The van der Waals surface area contributed by atoms with Crippen molar-refractivity contribution in [2.24, 2.45) is 5.16 Å². The minimum absolute atomic E-state index is 0.0519. The van der Waals surface area contributed by atoms with Crippen LogP contribution in [-0.4, -0.2) is 18.2 Å². The van der Waals surface area contributed by atoms with Gasteiger partial charge in [0.2, 0.25) is 0 Å². The first-order chi connectivity index (χ1) is 12.9. The molecule has 1 N–H and O–H groups in total. The third-order valence-electron chi connectivity index (χ3n) is 4.74. The minimum Gasteiger partial charge on any atom is -0.384 e. The van der Waals surface area contributed by atoms with Crippen LogP contribution in [0.25, 0.3) is 0 Å². The van der Waals surface area contributed by atoms with Crippen LogP contribution in [-0.2, 0) is 16.9 Å². The van der Waals surface area contributed by atoms with Gasteiger partial charge in [0.25, 0.3) is 5.91 Å². The highest BCUT2D eigenvalue weighted by atomic mass is 35.5. The van der Waals surface area contributed by atoms with Crippen molar-refractivity contribution in [3.05, 3.63) is 68.7 Å². The van der Waals surface area contributed by atoms with Gasteiger partial charge in [-0.05, 0) is 61.7 Å². The first-order valence-electron chi connectivity index (χ1n) is 8.99. The van der Waals surface area contributed by atoms with Gasteiger partial charge in [-0.2, -0.15) is 0 Å². The summed E-state index contributed by atoms with van der Waals surface area (Å²) < 4.78 is 0. The van der Waals surface area contributed by atoms with E-state index in [-0.39, 0.29) is 5.91 Å². The molecule has 2 aromatic carbocycles. The number of oxime groups is 1. The van der Waals surface area contributed by atoms with Crippen molar-refractivity contribution in [2.75, 3.05) is 6.54 Å². The summed E-state index contributed by atoms with van der Waals surface area (Å²) in [5.74, 6) is -0.0519. The normalized spacial score (nSPS) is 18.8. The van der Waals surface area contributed by atoms with Crippen LogP contribution in [0.15, 0.2) is 41.6 Å². The van der Waals surface area contributed by atoms with Gasteiger partial charge in [-0.15, -0.1) is 0 Å². The molecule has 3 rings (SSSR count). The fourth-order valence-electron chi connectivity index (χ4n) is 3.25. The van der Waals surface area contributed by atoms with E-state index < -0.39 is 5.60 Å². The van der Waals surface area contributed by atoms with E-state index in [2.05, 4.69) is 10.5 Å². The number of hydrogen-bond donors (Lipinski definition) is 1. The number of benzene rings is 2. The van der Waals surface area contributed by atoms with E-state index in [1.54, 1.807) is 6.07 Å². The van der Waals surface area contributed by atoms with Crippen molar-refractivity contribution in [3.8, 4) is 0 Å². The number of rotatable bonds is 5. The van der Waals surface area contributed by atoms with Crippen molar-refractivity contribution in [2.45, 2.75) is 39.2 Å². The summed E-state index contributed by atoms with van der Waals surface area (Å²) in [5.41, 5.74) is 3.73. The molecule has 0 aromatic heterocycles. The SMILES string of the molecule is CCNC(=O)c1ccc(C2=NOC(C)(c3cc(Cl)cc(Cl)c3)C2)cc1CC. The summed E-state index contributed by atoms with van der Waals surface area (Å²) in [6.07, 6.45) is 1.35. The Labute approximate surface area is 169 Å². The molecule has 0 fully saturated rings. The van der Waals surface area contributed by atoms with Crippen LogP contribution in [0.5, 0.6) is 0 Å². The zero-order chi connectivity index (χ0) is 19.6. The molecule has 1 aliphatic rings. The Morgan fingerprint density at radius 2 is 1.89 bits per heavy atom. The zero-order valence-electron chi connectivity index (χ0n) is 15.6. The van der Waals surface area contributed by atoms with Gasteiger partial charge in [0.1, 0.15) is 0 Å². The molecular weight excluding hydrogens is 383 g/mol. The zero-order valence-corrected chi connectivity index (χ0v) is 17.1. The molecule has 27 heavy (non-hydrogen) atoms. The lowest BCUT2D eigenvalue weighted by atomic mass is 9.88. The Bertz CT molecular complexity index is 891. The molecule has 1 aliphatic heterocycles. The molecule has 0 bridgehead atoms. The summed E-state index contributed by atoms with van der Waals surface area (Å²) >= 11 is 12.3. The monoisotopic (exact) mass is 404 g/mol. The molecule has 1 heterocycles. The second kappa shape index (κ2) is 7.91. The molecule has 4 nitrogen and oxygen atoms in total. The Hall–Kier alpha value is -2.04. The molecule has 1 amide bonds. The summed E-state index contributed by atoms with van der Waals surface area (Å²) in [6.45, 7) is 6.51. The highest BCUT2D eigenvalue weighted by Gasteiger charge is 2.37. The fourth-order valence-corrected chi connectivity index (χ4v) is 3.78. The number of aryl methyl sites for hydroxylation is 1. The van der Waals surface area contributed by atoms with E-state index in [1.165, 1.54) is 0 Å². The first kappa shape index (κ1) is 19.7. The highest BCUT2D eigenvalue weighted by molar-refractivity contribution is 6.34. The van der Waals surface area contributed by atoms with E-state index in [1.807, 2.05) is 51.1 Å². The number of carbonyl (C=O) groups is 1. The lowest BCUT2D eigenvalue weighted by molar-refractivity contribution is -0.00737. The molecule has 2 aromatic rings. The summed E-state index contributed by atoms with van der Waals surface area (Å²) in [6, 6.07) is 11.2. The maximum atomic E-state index is 12.2. The third kappa shape index (κ3) is 4.12. The Balaban J connectivity index is 1.87. The molecule has 0 radical (unpaired) electrons. The molecule has 6 heteroatoms. The summed E-state index contributed by atoms with van der Waals surface area (Å²) in [5, 5.41) is 8.29. The van der Waals surface area contributed by atoms with E-state index >= 15 is 0 Å². The third-order valence-corrected chi connectivity index (χ3v) is 5.17. The van der Waals surface area contributed by atoms with Crippen LogP contribution in [0.4, 0.5) is 0 Å². The van der Waals surface area contributed by atoms with Crippen molar-refractivity contribution in [3.63, 3.8) is 0 Å². The van der Waals surface area contributed by atoms with Gasteiger partial charge >= 0.3 is 0 Å². The quantitative estimate of drug-likeness (QED) is 0.730. The first-order valence-corrected chi connectivity index (χ1v) is 9.75. The lowest BCUT2D eigenvalue weighted by Gasteiger charge is -2.22. The highest BCUT2D eigenvalue weighted by Crippen LogP contribution is 2.38. The average Bonchev–Trinajstić information content (AvgIpc) is 3.04. The van der Waals surface area contributed by atoms with E-state index in [4.69, 9.17) is 28.0 Å². The van der Waals surface area contributed by atoms with Gasteiger partial charge in [0.15, 0.2) is 5.60 Å². The van der Waals surface area contributed by atoms with Gasteiger partial charge in [-0.25, -0.2) is 0 Å². The number of amides is 1. The Kier molecular flexibility index (Phi) is 5.78. The van der Waals surface area contributed by atoms with Crippen LogP contribution >= 0.6 is 23.2 Å². The Morgan fingerprint density at radius 3 is 2.52 bits per heavy atom. The number of hydrogen-bond acceptors (Lipinski definition) is 3. The number of carbonyl (C=O) groups excluding carboxylic acids is 1. The molecule has 0 spiro atoms. The fraction of sp³-hybridized carbons (Fsp3) is 0.333. The molecule has 0 aliphatic carbocycles. The predicted octanol–water partition coefficient (Wildman–Crippen LogP) is 5.35. The van der Waals surface area contributed by atoms with Gasteiger partial charge in [-0.3, -0.25) is 4.79 Å². The van der Waals surface area contributed by atoms with Crippen molar-refractivity contribution >= 4 is 34.8 Å². The van der Waals surface area contributed by atoms with Crippen LogP contribution in [0, 0.1) is 0 Å². The predicted molar refractivity (Wildman–Crippen MR) is 110 cm³/mol. The van der Waals surface area contributed by atoms with Crippen molar-refractivity contribution < 1.29 is 9.63 Å². The van der Waals surface area contributed by atoms with Crippen LogP contribution in [0.1, 0.15) is 54.2 Å². The topological polar surface area (TPSA) is 50.7 Å². The molecule has 1 atom stereocenters. The van der Waals surface area contributed by atoms with Gasteiger partial charge in [-0.1, -0.05) is 41.3 Å². The minimum atomic E-state index is -0.630. The maximum Gasteiger partial charge on any atom is 0.251 e. The molecular formula is C21H22Cl2N2O2. The standard InChI is InChI=1S/C21H22Cl2N2O2/c1-4-13-8-14(6-7-18(13)20(26)24-5-2)19-12-21(3,27-25-19)15-9-16(22)11-17(23)10-15/h6-11H,4-5,12H2,1-3H3,(H,24,26). The maximum absolute atomic E-state index is 12.2. The van der Waals surface area contributed by atoms with Gasteiger partial charge in [0.05, 0.1) is 5.71 Å². The van der Waals surface area contributed by atoms with Crippen molar-refractivity contribution in [1.82, 2.24) is 5.32 Å². The van der Waals surface area contributed by atoms with Gasteiger partial charge in [0, 0.05) is 34.1 Å². The molecule has 142 valence electrons. The van der Waals surface area contributed by atoms with Crippen LogP contribution in [0.3, 0.4) is 0 Å². The van der Waals surface area contributed by atoms with E-state index in [0.717, 1.165) is 28.8 Å².